The maximum absolute atomic E-state index is 8.60. The van der Waals surface area contributed by atoms with E-state index in [2.05, 4.69) is 10.3 Å². The number of hydrogen-bond acceptors (Lipinski definition) is 40. The molecule has 105 heavy (non-hydrogen) atoms. The molecule has 0 aliphatic carbocycles. The molecule has 0 aromatic carbocycles. The molecule has 41 heteroatoms. The summed E-state index contributed by atoms with van der Waals surface area (Å²) in [6.07, 6.45) is 1.85. The van der Waals surface area contributed by atoms with Crippen LogP contribution < -0.4 is 0 Å². The van der Waals surface area contributed by atoms with Crippen LogP contribution in [0.15, 0.2) is 6.20 Å². The summed E-state index contributed by atoms with van der Waals surface area (Å²) in [6.45, 7) is 22.6. The van der Waals surface area contributed by atoms with Crippen molar-refractivity contribution in [2.45, 2.75) is 39.5 Å². The summed E-state index contributed by atoms with van der Waals surface area (Å²) < 4.78 is 200. The van der Waals surface area contributed by atoms with Gasteiger partial charge in [0.2, 0.25) is 0 Å². The molecule has 1 aromatic heterocycles. The molecule has 0 aliphatic rings. The molecule has 0 saturated heterocycles. The number of aromatic nitrogens is 3. The van der Waals surface area contributed by atoms with Crippen LogP contribution in [0.1, 0.15) is 26.5 Å². The van der Waals surface area contributed by atoms with Gasteiger partial charge in [-0.2, -0.15) is 0 Å². The van der Waals surface area contributed by atoms with Gasteiger partial charge in [-0.05, 0) is 20.8 Å². The van der Waals surface area contributed by atoms with E-state index in [0.717, 1.165) is 5.69 Å². The van der Waals surface area contributed by atoms with Crippen molar-refractivity contribution in [1.82, 2.24) is 15.0 Å². The first-order valence-corrected chi connectivity index (χ1v) is 34.9. The molecule has 0 amide bonds. The number of rotatable bonds is 95. The highest BCUT2D eigenvalue weighted by Gasteiger charge is 2.12. The fraction of sp³-hybridized carbons (Fsp3) is 0.969. The van der Waals surface area contributed by atoms with Crippen LogP contribution in [0.3, 0.4) is 0 Å². The van der Waals surface area contributed by atoms with Gasteiger partial charge in [0.25, 0.3) is 0 Å². The van der Waals surface area contributed by atoms with Crippen LogP contribution in [0, 0.1) is 0 Å². The van der Waals surface area contributed by atoms with Crippen LogP contribution >= 0.6 is 0 Å². The number of aliphatic hydroxyl groups excluding tert-OH is 1. The molecule has 0 fully saturated rings. The molecular weight excluding hydrogens is 1420 g/mol. The summed E-state index contributed by atoms with van der Waals surface area (Å²) in [4.78, 5) is 0. The summed E-state index contributed by atoms with van der Waals surface area (Å²) in [6, 6.07) is 0. The van der Waals surface area contributed by atoms with Gasteiger partial charge in [0.15, 0.2) is 0 Å². The van der Waals surface area contributed by atoms with E-state index in [1.54, 1.807) is 4.68 Å². The fourth-order valence-electron chi connectivity index (χ4n) is 6.36. The lowest BCUT2D eigenvalue weighted by Gasteiger charge is -2.18. The van der Waals surface area contributed by atoms with E-state index in [1.807, 2.05) is 27.0 Å². The number of nitrogens with zero attached hydrogens (tertiary/aromatic N) is 3. The number of ether oxygens (including phenoxy) is 37. The predicted molar refractivity (Wildman–Crippen MR) is 358 cm³/mol. The number of hydrogen-bond donors (Lipinski definition) is 1. The average molecular weight is 1550 g/mol. The minimum Gasteiger partial charge on any atom is -0.394 e. The Morgan fingerprint density at radius 3 is 0.533 bits per heavy atom. The second kappa shape index (κ2) is 88.8. The molecule has 41 nitrogen and oxygen atoms in total. The normalized spacial score (nSPS) is 12.0. The minimum absolute atomic E-state index is 0.00938. The third-order valence-electron chi connectivity index (χ3n) is 11.5. The molecule has 1 rings (SSSR count). The lowest BCUT2D eigenvalue weighted by molar-refractivity contribution is -0.135. The Labute approximate surface area is 618 Å². The van der Waals surface area contributed by atoms with Crippen molar-refractivity contribution in [1.29, 1.82) is 0 Å². The van der Waals surface area contributed by atoms with E-state index in [-0.39, 0.29) is 128 Å². The van der Waals surface area contributed by atoms with E-state index in [1.165, 1.54) is 0 Å². The van der Waals surface area contributed by atoms with Crippen LogP contribution in [-0.2, 0) is 188 Å². The van der Waals surface area contributed by atoms with E-state index in [9.17, 15) is 0 Å². The largest absolute Gasteiger partial charge is 0.394 e. The summed E-state index contributed by atoms with van der Waals surface area (Å²) in [5.74, 6) is 0. The minimum atomic E-state index is -0.227. The molecule has 1 aromatic rings. The van der Waals surface area contributed by atoms with Crippen molar-refractivity contribution in [3.8, 4) is 0 Å². The molecule has 0 aliphatic heterocycles. The van der Waals surface area contributed by atoms with E-state index >= 15 is 0 Å². The Morgan fingerprint density at radius 2 is 0.381 bits per heavy atom. The van der Waals surface area contributed by atoms with Crippen LogP contribution in [0.2, 0.25) is 0 Å². The Balaban J connectivity index is 1.59. The van der Waals surface area contributed by atoms with Gasteiger partial charge < -0.3 is 180 Å². The summed E-state index contributed by atoms with van der Waals surface area (Å²) >= 11 is 0. The third kappa shape index (κ3) is 88.7. The zero-order valence-electron chi connectivity index (χ0n) is 62.5. The van der Waals surface area contributed by atoms with Crippen molar-refractivity contribution in [2.24, 2.45) is 0 Å². The maximum atomic E-state index is 8.60. The second-order valence-corrected chi connectivity index (χ2v) is 21.2. The first-order valence-electron chi connectivity index (χ1n) is 34.9. The Morgan fingerprint density at radius 1 is 0.229 bits per heavy atom. The maximum Gasteiger partial charge on any atom is 0.146 e. The standard InChI is InChI=1S/C64H127N3O38/c1-64(2,3)105-45-63-44-67(66-65-63)4-6-69-8-10-71-46-73-12-14-75-48-77-16-18-79-50-81-20-22-83-52-85-24-26-87-54-89-28-30-91-56-93-32-34-95-58-97-36-38-99-60-101-40-42-103-62-104-43-41-102-61-100-39-37-98-59-96-35-33-94-57-92-31-29-90-55-88-27-25-86-53-84-23-21-82-51-80-19-17-78-49-76-15-13-74-47-72-11-9-70-7-5-68/h44,68H,4-43,45-62H2,1-3H3. The van der Waals surface area contributed by atoms with Gasteiger partial charge in [0, 0.05) is 0 Å². The zero-order chi connectivity index (χ0) is 75.0. The monoisotopic (exact) mass is 1550 g/mol. The smallest absolute Gasteiger partial charge is 0.146 e. The van der Waals surface area contributed by atoms with Gasteiger partial charge >= 0.3 is 0 Å². The third-order valence-corrected chi connectivity index (χ3v) is 11.5. The number of aliphatic hydroxyl groups is 1. The molecule has 0 unspecified atom stereocenters. The fourth-order valence-corrected chi connectivity index (χ4v) is 6.36. The van der Waals surface area contributed by atoms with Gasteiger partial charge in [-0.3, -0.25) is 0 Å². The average Bonchev–Trinajstić information content (AvgIpc) is 1.78. The van der Waals surface area contributed by atoms with E-state index in [0.29, 0.717) is 264 Å². The van der Waals surface area contributed by atoms with Crippen molar-refractivity contribution < 1.29 is 180 Å². The van der Waals surface area contributed by atoms with Gasteiger partial charge in [0.1, 0.15) is 121 Å². The van der Waals surface area contributed by atoms with E-state index in [4.69, 9.17) is 180 Å². The predicted octanol–water partition coefficient (Wildman–Crippen LogP) is 0.461. The molecule has 1 N–H and O–H groups in total. The van der Waals surface area contributed by atoms with Crippen molar-refractivity contribution >= 4 is 0 Å². The lowest BCUT2D eigenvalue weighted by atomic mass is 10.2. The SMILES string of the molecule is CC(C)(C)OCc1cn(CCOCCOCOCCOCOCCOCOCCOCOCCOCOCCOCOCCOCOCCOCOCCOCOCCOCOCCOCOCCOCOCCOCOCCOCOCCOCOCCOCOCCOCOCCOCCO)nn1. The highest BCUT2D eigenvalue weighted by atomic mass is 16.8. The molecule has 0 spiro atoms. The Hall–Kier alpha value is -2.38. The summed E-state index contributed by atoms with van der Waals surface area (Å²) in [5.41, 5.74) is 0.555. The quantitative estimate of drug-likeness (QED) is 0.0684. The Bertz CT molecular complexity index is 1750. The first kappa shape index (κ1) is 101. The second-order valence-electron chi connectivity index (χ2n) is 21.2. The van der Waals surface area contributed by atoms with Crippen molar-refractivity contribution in [3.05, 3.63) is 11.9 Å². The molecule has 0 saturated carbocycles. The van der Waals surface area contributed by atoms with Crippen molar-refractivity contribution in [3.63, 3.8) is 0 Å². The molecule has 626 valence electrons. The molecule has 0 radical (unpaired) electrons. The Kier molecular flexibility index (Phi) is 85.1. The van der Waals surface area contributed by atoms with Crippen LogP contribution in [0.4, 0.5) is 0 Å². The van der Waals surface area contributed by atoms with Gasteiger partial charge in [-0.1, -0.05) is 5.21 Å². The van der Waals surface area contributed by atoms with Gasteiger partial charge in [-0.25, -0.2) is 4.68 Å². The molecule has 0 bridgehead atoms. The molecule has 0 atom stereocenters. The molecule has 1 heterocycles. The topological polar surface area (TPSA) is 392 Å². The van der Waals surface area contributed by atoms with Crippen molar-refractivity contribution in [2.75, 3.05) is 373 Å². The highest BCUT2D eigenvalue weighted by molar-refractivity contribution is 4.90. The van der Waals surface area contributed by atoms with Crippen LogP contribution in [0.5, 0.6) is 0 Å². The summed E-state index contributed by atoms with van der Waals surface area (Å²) in [7, 11) is 0. The van der Waals surface area contributed by atoms with E-state index < -0.39 is 0 Å². The highest BCUT2D eigenvalue weighted by Crippen LogP contribution is 2.10. The molecular formula is C64H127N3O38. The zero-order valence-corrected chi connectivity index (χ0v) is 62.5. The lowest BCUT2D eigenvalue weighted by Crippen LogP contribution is -2.18. The van der Waals surface area contributed by atoms with Crippen LogP contribution in [0.25, 0.3) is 0 Å². The van der Waals surface area contributed by atoms with Gasteiger partial charge in [0.05, 0.1) is 283 Å². The van der Waals surface area contributed by atoms with Gasteiger partial charge in [-0.15, -0.1) is 5.10 Å². The summed E-state index contributed by atoms with van der Waals surface area (Å²) in [5, 5.41) is 16.8. The van der Waals surface area contributed by atoms with Crippen LogP contribution in [-0.4, -0.2) is 399 Å². The first-order chi connectivity index (χ1) is 52.0.